The molecule has 0 fully saturated rings. The summed E-state index contributed by atoms with van der Waals surface area (Å²) in [4.78, 5) is 3.86. The van der Waals surface area contributed by atoms with Gasteiger partial charge in [-0.25, -0.2) is 4.98 Å². The number of aliphatic hydroxyl groups is 2. The number of aromatic nitrogens is 1. The van der Waals surface area contributed by atoms with Crippen LogP contribution in [0, 0.1) is 11.3 Å². The Morgan fingerprint density at radius 1 is 1.43 bits per heavy atom. The molecule has 0 unspecified atom stereocenters. The summed E-state index contributed by atoms with van der Waals surface area (Å²) in [6, 6.07) is 3.38. The van der Waals surface area contributed by atoms with E-state index in [2.05, 4.69) is 4.98 Å². The lowest BCUT2D eigenvalue weighted by atomic mass is 9.94. The number of fused-ring (bicyclic) bond motifs is 1. The average Bonchev–Trinajstić information content (AvgIpc) is 2.23. The van der Waals surface area contributed by atoms with Crippen LogP contribution in [0.25, 0.3) is 6.08 Å². The highest BCUT2D eigenvalue weighted by atomic mass is 16.3. The molecule has 0 saturated carbocycles. The highest BCUT2D eigenvalue weighted by Gasteiger charge is 2.22. The molecule has 0 radical (unpaired) electrons. The van der Waals surface area contributed by atoms with Gasteiger partial charge in [-0.05, 0) is 17.2 Å². The summed E-state index contributed by atoms with van der Waals surface area (Å²) in [6.07, 6.45) is 2.82. The monoisotopic (exact) mass is 188 g/mol. The van der Waals surface area contributed by atoms with Crippen molar-refractivity contribution in [2.45, 2.75) is 12.2 Å². The van der Waals surface area contributed by atoms with Crippen molar-refractivity contribution in [2.24, 2.45) is 0 Å². The summed E-state index contributed by atoms with van der Waals surface area (Å²) < 4.78 is 0. The third-order valence-corrected chi connectivity index (χ3v) is 2.20. The predicted molar refractivity (Wildman–Crippen MR) is 49.0 cm³/mol. The van der Waals surface area contributed by atoms with Crippen molar-refractivity contribution in [2.75, 3.05) is 0 Å². The molecule has 0 amide bonds. The van der Waals surface area contributed by atoms with Crippen molar-refractivity contribution in [3.63, 3.8) is 0 Å². The summed E-state index contributed by atoms with van der Waals surface area (Å²) in [7, 11) is 0. The van der Waals surface area contributed by atoms with Gasteiger partial charge in [0, 0.05) is 6.20 Å². The van der Waals surface area contributed by atoms with E-state index in [-0.39, 0.29) is 5.69 Å². The molecule has 0 aliphatic heterocycles. The van der Waals surface area contributed by atoms with Gasteiger partial charge in [-0.15, -0.1) is 0 Å². The van der Waals surface area contributed by atoms with Crippen molar-refractivity contribution < 1.29 is 10.2 Å². The molecule has 0 aromatic carbocycles. The lowest BCUT2D eigenvalue weighted by Crippen LogP contribution is -2.19. The van der Waals surface area contributed by atoms with E-state index in [0.29, 0.717) is 5.56 Å². The lowest BCUT2D eigenvalue weighted by molar-refractivity contribution is 0.0469. The minimum Gasteiger partial charge on any atom is -0.386 e. The number of rotatable bonds is 0. The predicted octanol–water partition coefficient (Wildman–Crippen LogP) is 0.374. The van der Waals surface area contributed by atoms with Gasteiger partial charge in [0.1, 0.15) is 24.0 Å². The van der Waals surface area contributed by atoms with Gasteiger partial charge in [0.15, 0.2) is 0 Å². The van der Waals surface area contributed by atoms with Crippen molar-refractivity contribution in [1.82, 2.24) is 4.98 Å². The van der Waals surface area contributed by atoms with Crippen LogP contribution in [-0.2, 0) is 0 Å². The maximum absolute atomic E-state index is 9.61. The molecule has 1 aliphatic carbocycles. The molecule has 0 bridgehead atoms. The Labute approximate surface area is 80.8 Å². The highest BCUT2D eigenvalue weighted by molar-refractivity contribution is 5.58. The molecule has 0 spiro atoms. The molecule has 1 aromatic heterocycles. The molecule has 70 valence electrons. The number of nitriles is 1. The number of hydrogen-bond acceptors (Lipinski definition) is 4. The van der Waals surface area contributed by atoms with E-state index in [4.69, 9.17) is 5.26 Å². The Bertz CT molecular complexity index is 434. The van der Waals surface area contributed by atoms with Gasteiger partial charge in [-0.3, -0.25) is 0 Å². The Balaban J connectivity index is 2.55. The van der Waals surface area contributed by atoms with Crippen LogP contribution < -0.4 is 0 Å². The molecular weight excluding hydrogens is 180 g/mol. The fourth-order valence-corrected chi connectivity index (χ4v) is 1.43. The lowest BCUT2D eigenvalue weighted by Gasteiger charge is -2.21. The maximum atomic E-state index is 9.61. The second-order valence-electron chi connectivity index (χ2n) is 3.10. The van der Waals surface area contributed by atoms with E-state index in [1.807, 2.05) is 6.07 Å². The third-order valence-electron chi connectivity index (χ3n) is 2.20. The van der Waals surface area contributed by atoms with Crippen LogP contribution in [0.2, 0.25) is 0 Å². The third kappa shape index (κ3) is 1.29. The summed E-state index contributed by atoms with van der Waals surface area (Å²) in [5.41, 5.74) is 1.53. The van der Waals surface area contributed by atoms with Gasteiger partial charge in [-0.1, -0.05) is 12.2 Å². The summed E-state index contributed by atoms with van der Waals surface area (Å²) in [5, 5.41) is 27.6. The van der Waals surface area contributed by atoms with Crippen LogP contribution >= 0.6 is 0 Å². The quantitative estimate of drug-likeness (QED) is 0.616. The molecular formula is C10H8N2O2. The van der Waals surface area contributed by atoms with Gasteiger partial charge in [0.05, 0.1) is 0 Å². The average molecular weight is 188 g/mol. The first-order chi connectivity index (χ1) is 6.72. The van der Waals surface area contributed by atoms with Gasteiger partial charge in [0.2, 0.25) is 0 Å². The Morgan fingerprint density at radius 2 is 2.21 bits per heavy atom. The number of pyridine rings is 1. The van der Waals surface area contributed by atoms with Crippen molar-refractivity contribution in [1.29, 1.82) is 5.26 Å². The fourth-order valence-electron chi connectivity index (χ4n) is 1.43. The molecule has 14 heavy (non-hydrogen) atoms. The Hall–Kier alpha value is -1.70. The molecule has 1 aliphatic rings. The van der Waals surface area contributed by atoms with Gasteiger partial charge < -0.3 is 10.2 Å². The molecule has 4 nitrogen and oxygen atoms in total. The Morgan fingerprint density at radius 3 is 2.93 bits per heavy atom. The van der Waals surface area contributed by atoms with Crippen molar-refractivity contribution in [3.8, 4) is 6.07 Å². The van der Waals surface area contributed by atoms with E-state index in [9.17, 15) is 10.2 Å². The molecule has 1 aromatic rings. The fraction of sp³-hybridized carbons (Fsp3) is 0.200. The van der Waals surface area contributed by atoms with E-state index in [1.54, 1.807) is 6.08 Å². The normalized spacial score (nSPS) is 24.1. The number of nitrogens with zero attached hydrogens (tertiary/aromatic N) is 2. The van der Waals surface area contributed by atoms with Gasteiger partial charge in [-0.2, -0.15) is 5.26 Å². The zero-order valence-corrected chi connectivity index (χ0v) is 7.25. The second kappa shape index (κ2) is 3.22. The van der Waals surface area contributed by atoms with Crippen LogP contribution in [0.1, 0.15) is 22.9 Å². The smallest absolute Gasteiger partial charge is 0.140 e. The molecule has 0 saturated heterocycles. The summed E-state index contributed by atoms with van der Waals surface area (Å²) in [6.45, 7) is 0. The van der Waals surface area contributed by atoms with Crippen LogP contribution in [0.4, 0.5) is 0 Å². The van der Waals surface area contributed by atoms with Gasteiger partial charge >= 0.3 is 0 Å². The van der Waals surface area contributed by atoms with E-state index < -0.39 is 12.2 Å². The Kier molecular flexibility index (Phi) is 2.04. The van der Waals surface area contributed by atoms with E-state index >= 15 is 0 Å². The first kappa shape index (κ1) is 8.88. The number of aliphatic hydroxyl groups excluding tert-OH is 2. The van der Waals surface area contributed by atoms with Crippen LogP contribution in [0.5, 0.6) is 0 Å². The van der Waals surface area contributed by atoms with Crippen molar-refractivity contribution in [3.05, 3.63) is 35.2 Å². The first-order valence-corrected chi connectivity index (χ1v) is 4.17. The standard InChI is InChI=1S/C10H8N2O2/c11-4-7-3-8-6(5-12-7)1-2-9(13)10(8)14/h1-3,5,9-10,13-14H/t9-,10+/m0/s1. The van der Waals surface area contributed by atoms with Crippen LogP contribution in [0.15, 0.2) is 18.3 Å². The molecule has 2 N–H and O–H groups in total. The summed E-state index contributed by atoms with van der Waals surface area (Å²) in [5.74, 6) is 0. The van der Waals surface area contributed by atoms with E-state index in [0.717, 1.165) is 5.56 Å². The van der Waals surface area contributed by atoms with E-state index in [1.165, 1.54) is 18.3 Å². The second-order valence-corrected chi connectivity index (χ2v) is 3.10. The first-order valence-electron chi connectivity index (χ1n) is 4.17. The molecule has 2 atom stereocenters. The SMILES string of the molecule is N#Cc1cc2c(cn1)C=C[C@H](O)[C@@H]2O. The summed E-state index contributed by atoms with van der Waals surface area (Å²) >= 11 is 0. The zero-order chi connectivity index (χ0) is 10.1. The zero-order valence-electron chi connectivity index (χ0n) is 7.25. The van der Waals surface area contributed by atoms with Crippen LogP contribution in [-0.4, -0.2) is 21.3 Å². The number of hydrogen-bond donors (Lipinski definition) is 2. The molecule has 1 heterocycles. The highest BCUT2D eigenvalue weighted by Crippen LogP contribution is 2.27. The molecule has 4 heteroatoms. The minimum absolute atomic E-state index is 0.241. The van der Waals surface area contributed by atoms with Crippen molar-refractivity contribution >= 4 is 6.08 Å². The topological polar surface area (TPSA) is 77.1 Å². The van der Waals surface area contributed by atoms with Gasteiger partial charge in [0.25, 0.3) is 0 Å². The molecule has 2 rings (SSSR count). The van der Waals surface area contributed by atoms with Crippen LogP contribution in [0.3, 0.4) is 0 Å². The minimum atomic E-state index is -0.968. The largest absolute Gasteiger partial charge is 0.386 e. The maximum Gasteiger partial charge on any atom is 0.140 e.